The smallest absolute Gasteiger partial charge is 0.227 e. The van der Waals surface area contributed by atoms with Gasteiger partial charge in [0.2, 0.25) is 12.3 Å². The number of aromatic nitrogens is 1. The van der Waals surface area contributed by atoms with Crippen molar-refractivity contribution >= 4 is 11.6 Å². The first kappa shape index (κ1) is 19.2. The van der Waals surface area contributed by atoms with Gasteiger partial charge in [-0.05, 0) is 24.3 Å². The van der Waals surface area contributed by atoms with E-state index in [2.05, 4.69) is 0 Å². The zero-order chi connectivity index (χ0) is 17.6. The third-order valence-corrected chi connectivity index (χ3v) is 3.85. The highest BCUT2D eigenvalue weighted by Crippen LogP contribution is 2.08. The van der Waals surface area contributed by atoms with Crippen LogP contribution in [-0.2, 0) is 6.54 Å². The monoisotopic (exact) mass is 406 g/mol. The second kappa shape index (κ2) is 8.84. The van der Waals surface area contributed by atoms with Gasteiger partial charge in [0.15, 0.2) is 18.2 Å². The van der Waals surface area contributed by atoms with Crippen LogP contribution in [0.3, 0.4) is 0 Å². The molecular weight excluding hydrogens is 392 g/mol. The molecule has 0 aliphatic rings. The molecule has 1 heterocycles. The number of Topliss-reactive ketones (excluding diaryl/α,β-unsaturated/α-hetero) is 1. The largest absolute Gasteiger partial charge is 1.00 e. The number of halogens is 1. The Hall–Kier alpha value is -3.10. The van der Waals surface area contributed by atoms with Gasteiger partial charge < -0.3 is 17.0 Å². The minimum absolute atomic E-state index is 0. The average Bonchev–Trinajstić information content (AvgIpc) is 2.68. The van der Waals surface area contributed by atoms with Crippen LogP contribution in [0, 0.1) is 11.3 Å². The van der Waals surface area contributed by atoms with Gasteiger partial charge in [0.25, 0.3) is 0 Å². The van der Waals surface area contributed by atoms with Gasteiger partial charge in [-0.15, -0.1) is 0 Å². The average molecular weight is 407 g/mol. The van der Waals surface area contributed by atoms with Crippen molar-refractivity contribution in [2.24, 2.45) is 0 Å². The molecule has 0 bridgehead atoms. The van der Waals surface area contributed by atoms with E-state index in [9.17, 15) is 9.59 Å². The number of hydrogen-bond donors (Lipinski definition) is 0. The predicted octanol–water partition coefficient (Wildman–Crippen LogP) is -0.0363. The van der Waals surface area contributed by atoms with Crippen LogP contribution in [0.15, 0.2) is 79.1 Å². The van der Waals surface area contributed by atoms with E-state index < -0.39 is 0 Å². The van der Waals surface area contributed by atoms with Crippen molar-refractivity contribution < 1.29 is 31.1 Å². The number of benzene rings is 2. The second-order valence-electron chi connectivity index (χ2n) is 5.57. The molecule has 3 rings (SSSR count). The summed E-state index contributed by atoms with van der Waals surface area (Å²) >= 11 is 0. The van der Waals surface area contributed by atoms with Crippen molar-refractivity contribution in [3.63, 3.8) is 0 Å². The van der Waals surface area contributed by atoms with Crippen molar-refractivity contribution in [2.75, 3.05) is 0 Å². The Morgan fingerprint density at radius 1 is 0.808 bits per heavy atom. The van der Waals surface area contributed by atoms with E-state index in [0.717, 1.165) is 0 Å². The van der Waals surface area contributed by atoms with E-state index in [4.69, 9.17) is 5.26 Å². The summed E-state index contributed by atoms with van der Waals surface area (Å²) in [5.41, 5.74) is 2.28. The van der Waals surface area contributed by atoms with E-state index in [1.807, 2.05) is 24.3 Å². The number of nitriles is 1. The molecule has 0 aliphatic heterocycles. The Morgan fingerprint density at radius 2 is 1.38 bits per heavy atom. The minimum atomic E-state index is -0.0587. The Bertz CT molecular complexity index is 944. The molecule has 0 aliphatic carbocycles. The van der Waals surface area contributed by atoms with E-state index in [1.54, 1.807) is 65.5 Å². The summed E-state index contributed by atoms with van der Waals surface area (Å²) in [4.78, 5) is 24.6. The highest BCUT2D eigenvalue weighted by molar-refractivity contribution is 6.08. The Kier molecular flexibility index (Phi) is 6.54. The standard InChI is InChI=1S/C21H15N2O2.BrH/c22-14-16-6-8-17(9-7-16)20(24)15-23-12-10-19(11-13-23)21(25)18-4-2-1-3-5-18;/h1-13H,15H2;1H/q+1;/p-1. The van der Waals surface area contributed by atoms with Gasteiger partial charge in [-0.1, -0.05) is 30.3 Å². The minimum Gasteiger partial charge on any atom is -1.00 e. The lowest BCUT2D eigenvalue weighted by molar-refractivity contribution is -0.683. The summed E-state index contributed by atoms with van der Waals surface area (Å²) in [5.74, 6) is -0.109. The number of nitrogens with zero attached hydrogens (tertiary/aromatic N) is 2. The van der Waals surface area contributed by atoms with Gasteiger partial charge >= 0.3 is 0 Å². The molecule has 1 aromatic heterocycles. The van der Waals surface area contributed by atoms with Crippen LogP contribution in [0.25, 0.3) is 0 Å². The van der Waals surface area contributed by atoms with Crippen LogP contribution in [0.5, 0.6) is 0 Å². The SMILES string of the molecule is N#Cc1ccc(C(=O)C[n+]2ccc(C(=O)c3ccccc3)cc2)cc1.[Br-]. The second-order valence-corrected chi connectivity index (χ2v) is 5.57. The van der Waals surface area contributed by atoms with Crippen LogP contribution in [-0.4, -0.2) is 11.6 Å². The molecule has 0 unspecified atom stereocenters. The number of ketones is 2. The highest BCUT2D eigenvalue weighted by Gasteiger charge is 2.14. The number of carbonyl (C=O) groups excluding carboxylic acids is 2. The summed E-state index contributed by atoms with van der Waals surface area (Å²) in [6, 6.07) is 21.1. The lowest BCUT2D eigenvalue weighted by atomic mass is 10.0. The maximum absolute atomic E-state index is 12.4. The Labute approximate surface area is 162 Å². The van der Waals surface area contributed by atoms with Gasteiger partial charge in [0.1, 0.15) is 0 Å². The predicted molar refractivity (Wildman–Crippen MR) is 92.0 cm³/mol. The third kappa shape index (κ3) is 4.50. The van der Waals surface area contributed by atoms with Gasteiger partial charge in [-0.3, -0.25) is 9.59 Å². The van der Waals surface area contributed by atoms with Gasteiger partial charge in [0, 0.05) is 28.8 Å². The number of pyridine rings is 1. The molecule has 0 N–H and O–H groups in total. The summed E-state index contributed by atoms with van der Waals surface area (Å²) in [5, 5.41) is 8.79. The normalized spacial score (nSPS) is 9.65. The van der Waals surface area contributed by atoms with Crippen molar-refractivity contribution in [3.8, 4) is 6.07 Å². The summed E-state index contributed by atoms with van der Waals surface area (Å²) in [7, 11) is 0. The fourth-order valence-corrected chi connectivity index (χ4v) is 2.46. The first-order chi connectivity index (χ1) is 12.2. The zero-order valence-corrected chi connectivity index (χ0v) is 15.4. The zero-order valence-electron chi connectivity index (χ0n) is 13.8. The summed E-state index contributed by atoms with van der Waals surface area (Å²) in [6.45, 7) is 0.172. The van der Waals surface area contributed by atoms with Crippen LogP contribution >= 0.6 is 0 Å². The quantitative estimate of drug-likeness (QED) is 0.441. The molecule has 0 saturated heterocycles. The van der Waals surface area contributed by atoms with Crippen LogP contribution in [0.2, 0.25) is 0 Å². The molecule has 0 fully saturated rings. The molecule has 4 nitrogen and oxygen atoms in total. The fourth-order valence-electron chi connectivity index (χ4n) is 2.46. The van der Waals surface area contributed by atoms with Crippen LogP contribution in [0.4, 0.5) is 0 Å². The highest BCUT2D eigenvalue weighted by atomic mass is 79.9. The topological polar surface area (TPSA) is 61.8 Å². The number of carbonyl (C=O) groups is 2. The van der Waals surface area contributed by atoms with Crippen molar-refractivity contribution in [1.29, 1.82) is 5.26 Å². The molecule has 128 valence electrons. The molecule has 0 radical (unpaired) electrons. The van der Waals surface area contributed by atoms with Crippen molar-refractivity contribution in [2.45, 2.75) is 6.54 Å². The summed E-state index contributed by atoms with van der Waals surface area (Å²) in [6.07, 6.45) is 3.44. The van der Waals surface area contributed by atoms with E-state index in [-0.39, 0.29) is 35.1 Å². The maximum atomic E-state index is 12.4. The fraction of sp³-hybridized carbons (Fsp3) is 0.0476. The number of rotatable bonds is 5. The molecule has 26 heavy (non-hydrogen) atoms. The first-order valence-electron chi connectivity index (χ1n) is 7.79. The lowest BCUT2D eigenvalue weighted by Crippen LogP contribution is -3.00. The van der Waals surface area contributed by atoms with E-state index >= 15 is 0 Å². The maximum Gasteiger partial charge on any atom is 0.227 e. The third-order valence-electron chi connectivity index (χ3n) is 3.85. The summed E-state index contributed by atoms with van der Waals surface area (Å²) < 4.78 is 1.72. The first-order valence-corrected chi connectivity index (χ1v) is 7.79. The molecule has 0 atom stereocenters. The molecule has 5 heteroatoms. The number of hydrogen-bond acceptors (Lipinski definition) is 3. The molecule has 0 amide bonds. The molecule has 0 saturated carbocycles. The van der Waals surface area contributed by atoms with E-state index in [1.165, 1.54) is 0 Å². The van der Waals surface area contributed by atoms with Gasteiger partial charge in [-0.2, -0.15) is 9.83 Å². The lowest BCUT2D eigenvalue weighted by Gasteiger charge is -2.01. The van der Waals surface area contributed by atoms with Crippen LogP contribution in [0.1, 0.15) is 31.8 Å². The van der Waals surface area contributed by atoms with Crippen LogP contribution < -0.4 is 21.5 Å². The van der Waals surface area contributed by atoms with Gasteiger partial charge in [0.05, 0.1) is 11.6 Å². The Morgan fingerprint density at radius 3 is 1.96 bits per heavy atom. The molecule has 0 spiro atoms. The molecule has 3 aromatic rings. The van der Waals surface area contributed by atoms with E-state index in [0.29, 0.717) is 22.3 Å². The Balaban J connectivity index is 0.00000243. The van der Waals surface area contributed by atoms with Crippen molar-refractivity contribution in [1.82, 2.24) is 0 Å². The van der Waals surface area contributed by atoms with Crippen molar-refractivity contribution in [3.05, 3.63) is 101 Å². The molecular formula is C21H15BrN2O2. The molecule has 2 aromatic carbocycles. The van der Waals surface area contributed by atoms with Gasteiger partial charge in [-0.25, -0.2) is 0 Å².